The van der Waals surface area contributed by atoms with Gasteiger partial charge in [0.15, 0.2) is 5.60 Å². The number of aromatic nitrogens is 1. The Labute approximate surface area is 168 Å². The summed E-state index contributed by atoms with van der Waals surface area (Å²) in [5, 5.41) is 10.8. The predicted molar refractivity (Wildman–Crippen MR) is 111 cm³/mol. The van der Waals surface area contributed by atoms with Crippen molar-refractivity contribution in [3.05, 3.63) is 33.2 Å². The number of cyclic esters (lactones) is 1. The lowest BCUT2D eigenvalue weighted by atomic mass is 9.77. The third kappa shape index (κ3) is 3.06. The van der Waals surface area contributed by atoms with Gasteiger partial charge in [-0.05, 0) is 44.3 Å². The van der Waals surface area contributed by atoms with Gasteiger partial charge in [-0.1, -0.05) is 6.92 Å². The van der Waals surface area contributed by atoms with Crippen LogP contribution in [0.1, 0.15) is 50.4 Å². The van der Waals surface area contributed by atoms with Crippen LogP contribution in [0, 0.1) is 0 Å². The number of nitrogens with zero attached hydrogens (tertiary/aromatic N) is 2. The molecule has 1 aromatic heterocycles. The summed E-state index contributed by atoms with van der Waals surface area (Å²) in [4.78, 5) is 30.0. The minimum Gasteiger partial charge on any atom is -0.458 e. The van der Waals surface area contributed by atoms with E-state index < -0.39 is 17.1 Å². The Morgan fingerprint density at radius 2 is 2.11 bits per heavy atom. The Bertz CT molecular complexity index is 851. The molecule has 1 N–H and O–H groups in total. The number of carbonyl (C=O) groups is 1. The lowest BCUT2D eigenvalue weighted by Gasteiger charge is -2.46. The summed E-state index contributed by atoms with van der Waals surface area (Å²) in [5.41, 5.74) is -0.141. The number of pyridine rings is 1. The molecule has 2 aliphatic heterocycles. The summed E-state index contributed by atoms with van der Waals surface area (Å²) in [5.74, 6) is 1.99. The molecule has 0 amide bonds. The Morgan fingerprint density at radius 1 is 1.37 bits per heavy atom. The highest BCUT2D eigenvalue weighted by molar-refractivity contribution is 7.99. The highest BCUT2D eigenvalue weighted by Gasteiger charge is 2.51. The van der Waals surface area contributed by atoms with Crippen molar-refractivity contribution in [2.45, 2.75) is 51.4 Å². The third-order valence-electron chi connectivity index (χ3n) is 5.48. The first-order valence-electron chi connectivity index (χ1n) is 9.28. The molecule has 0 saturated carbocycles. The van der Waals surface area contributed by atoms with Crippen LogP contribution in [-0.2, 0) is 27.3 Å². The van der Waals surface area contributed by atoms with Crippen LogP contribution in [-0.4, -0.2) is 45.2 Å². The van der Waals surface area contributed by atoms with Gasteiger partial charge in [0, 0.05) is 17.9 Å². The van der Waals surface area contributed by atoms with Crippen molar-refractivity contribution in [2.75, 3.05) is 23.8 Å². The minimum atomic E-state index is -1.77. The summed E-state index contributed by atoms with van der Waals surface area (Å²) >= 11 is 6.04. The van der Waals surface area contributed by atoms with E-state index in [0.717, 1.165) is 29.4 Å². The van der Waals surface area contributed by atoms with Gasteiger partial charge in [-0.2, -0.15) is 24.4 Å². The second-order valence-corrected chi connectivity index (χ2v) is 8.71. The smallest absolute Gasteiger partial charge is 0.343 e. The molecule has 6 nitrogen and oxygen atoms in total. The number of thioether (sulfide) groups is 1. The summed E-state index contributed by atoms with van der Waals surface area (Å²) in [7, 11) is 0. The second kappa shape index (κ2) is 7.64. The molecule has 0 radical (unpaired) electrons. The van der Waals surface area contributed by atoms with Crippen LogP contribution < -0.4 is 5.56 Å². The van der Waals surface area contributed by atoms with E-state index in [0.29, 0.717) is 23.4 Å². The van der Waals surface area contributed by atoms with Crippen LogP contribution >= 0.6 is 24.4 Å². The Balaban J connectivity index is 2.10. The molecule has 1 aromatic rings. The first kappa shape index (κ1) is 20.5. The zero-order valence-electron chi connectivity index (χ0n) is 15.9. The third-order valence-corrected chi connectivity index (χ3v) is 6.99. The number of carbonyl (C=O) groups excluding carboxylic acids is 1. The monoisotopic (exact) mass is 410 g/mol. The van der Waals surface area contributed by atoms with Gasteiger partial charge in [0.25, 0.3) is 5.56 Å². The zero-order chi connectivity index (χ0) is 19.8. The molecule has 0 bridgehead atoms. The number of aliphatic imine (C=N–C) groups is 1. The van der Waals surface area contributed by atoms with Crippen LogP contribution in [0.25, 0.3) is 0 Å². The highest BCUT2D eigenvalue weighted by Crippen LogP contribution is 2.41. The van der Waals surface area contributed by atoms with E-state index in [2.05, 4.69) is 17.6 Å². The molecule has 0 saturated heterocycles. The lowest BCUT2D eigenvalue weighted by molar-refractivity contribution is -0.172. The highest BCUT2D eigenvalue weighted by atomic mass is 32.2. The molecule has 2 aliphatic rings. The fourth-order valence-electron chi connectivity index (χ4n) is 3.93. The maximum absolute atomic E-state index is 13.2. The molecule has 3 rings (SSSR count). The first-order chi connectivity index (χ1) is 12.8. The summed E-state index contributed by atoms with van der Waals surface area (Å²) < 4.78 is 6.88. The van der Waals surface area contributed by atoms with Crippen molar-refractivity contribution in [3.63, 3.8) is 0 Å². The number of ether oxygens (including phenoxy) is 1. The Kier molecular flexibility index (Phi) is 5.80. The van der Waals surface area contributed by atoms with E-state index >= 15 is 0 Å². The van der Waals surface area contributed by atoms with E-state index in [1.165, 1.54) is 0 Å². The van der Waals surface area contributed by atoms with E-state index in [1.807, 2.05) is 13.8 Å². The van der Waals surface area contributed by atoms with Crippen molar-refractivity contribution in [1.82, 2.24) is 4.57 Å². The number of thiol groups is 1. The van der Waals surface area contributed by atoms with Gasteiger partial charge in [-0.15, -0.1) is 0 Å². The molecule has 3 heterocycles. The lowest BCUT2D eigenvalue weighted by Crippen LogP contribution is -2.59. The van der Waals surface area contributed by atoms with Crippen LogP contribution in [0.4, 0.5) is 0 Å². The molecule has 2 atom stereocenters. The van der Waals surface area contributed by atoms with Crippen molar-refractivity contribution in [2.24, 2.45) is 4.99 Å². The van der Waals surface area contributed by atoms with Gasteiger partial charge in [0.05, 0.1) is 22.5 Å². The maximum atomic E-state index is 13.2. The van der Waals surface area contributed by atoms with E-state index in [1.54, 1.807) is 29.3 Å². The van der Waals surface area contributed by atoms with E-state index in [9.17, 15) is 14.7 Å². The fraction of sp³-hybridized carbons (Fsp3) is 0.632. The molecular weight excluding hydrogens is 384 g/mol. The zero-order valence-corrected chi connectivity index (χ0v) is 17.7. The molecular formula is C19H26N2O4S2. The number of fused-ring (bicyclic) bond motifs is 2. The van der Waals surface area contributed by atoms with Crippen LogP contribution in [0.15, 0.2) is 15.9 Å². The van der Waals surface area contributed by atoms with E-state index in [4.69, 9.17) is 4.74 Å². The van der Waals surface area contributed by atoms with Gasteiger partial charge < -0.3 is 9.84 Å². The van der Waals surface area contributed by atoms with Crippen molar-refractivity contribution in [3.8, 4) is 0 Å². The van der Waals surface area contributed by atoms with Crippen LogP contribution in [0.3, 0.4) is 0 Å². The van der Waals surface area contributed by atoms with Crippen LogP contribution in [0.2, 0.25) is 0 Å². The minimum absolute atomic E-state index is 0.0969. The molecule has 0 spiro atoms. The van der Waals surface area contributed by atoms with Gasteiger partial charge in [-0.25, -0.2) is 4.79 Å². The summed E-state index contributed by atoms with van der Waals surface area (Å²) in [6, 6.07) is 1.76. The number of esters is 1. The largest absolute Gasteiger partial charge is 0.458 e. The number of hydrogen-bond donors (Lipinski definition) is 2. The van der Waals surface area contributed by atoms with Crippen molar-refractivity contribution in [1.29, 1.82) is 0 Å². The fourth-order valence-corrected chi connectivity index (χ4v) is 5.19. The average molecular weight is 411 g/mol. The molecule has 0 aliphatic carbocycles. The Morgan fingerprint density at radius 3 is 2.74 bits per heavy atom. The molecule has 148 valence electrons. The van der Waals surface area contributed by atoms with Gasteiger partial charge >= 0.3 is 5.97 Å². The predicted octanol–water partition coefficient (Wildman–Crippen LogP) is 2.09. The normalized spacial score (nSPS) is 27.7. The van der Waals surface area contributed by atoms with Gasteiger partial charge in [0.2, 0.25) is 0 Å². The quantitative estimate of drug-likeness (QED) is 0.409. The maximum Gasteiger partial charge on any atom is 0.343 e. The summed E-state index contributed by atoms with van der Waals surface area (Å²) in [6.07, 6.45) is 0.938. The molecule has 0 fully saturated rings. The van der Waals surface area contributed by atoms with Gasteiger partial charge in [-0.3, -0.25) is 14.4 Å². The van der Waals surface area contributed by atoms with E-state index in [-0.39, 0.29) is 18.6 Å². The van der Waals surface area contributed by atoms with Crippen molar-refractivity contribution >= 4 is 36.1 Å². The standard InChI is InChI=1S/C19H26N2O4S2/c1-4-19(24)13-10-14-15(20-5-2)18(3,6-8-27-9-7-26)21(14)16(22)12(13)11-25-17(19)23/h10,24,26H,4-9,11H2,1-3H3/t18?,19-/m0/s1. The second-order valence-electron chi connectivity index (χ2n) is 7.04. The SMILES string of the molecule is CCN=C1c2cc3c(c(=O)n2C1(C)CCSCCS)COC(=O)[C@]3(O)CC. The molecule has 27 heavy (non-hydrogen) atoms. The van der Waals surface area contributed by atoms with Crippen LogP contribution in [0.5, 0.6) is 0 Å². The number of aliphatic hydroxyl groups is 1. The topological polar surface area (TPSA) is 80.9 Å². The number of hydrogen-bond acceptors (Lipinski definition) is 7. The first-order valence-corrected chi connectivity index (χ1v) is 11.1. The Hall–Kier alpha value is -1.25. The average Bonchev–Trinajstić information content (AvgIpc) is 2.66. The molecule has 0 aromatic carbocycles. The summed E-state index contributed by atoms with van der Waals surface area (Å²) in [6.45, 7) is 6.21. The molecule has 8 heteroatoms. The van der Waals surface area contributed by atoms with Crippen molar-refractivity contribution < 1.29 is 14.6 Å². The molecule has 1 unspecified atom stereocenters. The number of rotatable bonds is 7. The van der Waals surface area contributed by atoms with Gasteiger partial charge in [0.1, 0.15) is 6.61 Å².